The number of ether oxygens (including phenoxy) is 4. The Morgan fingerprint density at radius 3 is 1.27 bits per heavy atom. The lowest BCUT2D eigenvalue weighted by Crippen LogP contribution is -2.54. The van der Waals surface area contributed by atoms with Gasteiger partial charge in [-0.1, -0.05) is 97.1 Å². The third kappa shape index (κ3) is 8.26. The fraction of sp³-hybridized carbons (Fsp3) is 0.257. The van der Waals surface area contributed by atoms with Crippen LogP contribution in [0.15, 0.2) is 131 Å². The van der Waals surface area contributed by atoms with Crippen LogP contribution >= 0.6 is 23.5 Å². The first-order chi connectivity index (χ1) is 23.3. The Morgan fingerprint density at radius 1 is 0.571 bits per heavy atom. The van der Waals surface area contributed by atoms with Crippen molar-refractivity contribution in [1.29, 1.82) is 0 Å². The van der Waals surface area contributed by atoms with E-state index >= 15 is 0 Å². The highest BCUT2D eigenvalue weighted by Crippen LogP contribution is 2.46. The Kier molecular flexibility index (Phi) is 12.5. The topological polar surface area (TPSA) is 71.1 Å². The van der Waals surface area contributed by atoms with Gasteiger partial charge in [0, 0.05) is 35.1 Å². The molecule has 0 aliphatic heterocycles. The Hall–Kier alpha value is -3.98. The van der Waals surface area contributed by atoms with Gasteiger partial charge in [0.15, 0.2) is 6.10 Å². The number of rotatable bonds is 14. The Bertz CT molecular complexity index is 1600. The van der Waals surface area contributed by atoms with Crippen molar-refractivity contribution in [2.45, 2.75) is 44.0 Å². The molecular weight excluding hydrogens is 695 g/mol. The summed E-state index contributed by atoms with van der Waals surface area (Å²) in [6, 6.07) is 29.0. The second-order valence-corrected chi connectivity index (χ2v) is 13.0. The number of thioether (sulfide) groups is 2. The van der Waals surface area contributed by atoms with Crippen molar-refractivity contribution < 1.29 is 54.9 Å². The molecule has 14 heteroatoms. The van der Waals surface area contributed by atoms with E-state index in [1.54, 1.807) is 60.7 Å². The maximum atomic E-state index is 14.8. The molecule has 0 aromatic heterocycles. The Balaban J connectivity index is 1.80. The minimum atomic E-state index is -5.36. The van der Waals surface area contributed by atoms with E-state index in [-0.39, 0.29) is 0 Å². The van der Waals surface area contributed by atoms with Crippen LogP contribution in [0.5, 0.6) is 0 Å². The minimum absolute atomic E-state index is 0.575. The molecule has 4 aromatic rings. The molecule has 0 unspecified atom stereocenters. The number of hydrogen-bond donors (Lipinski definition) is 0. The molecule has 0 aliphatic carbocycles. The third-order valence-corrected chi connectivity index (χ3v) is 10.0. The Morgan fingerprint density at radius 2 is 0.918 bits per heavy atom. The van der Waals surface area contributed by atoms with Crippen molar-refractivity contribution in [2.24, 2.45) is 0 Å². The van der Waals surface area contributed by atoms with E-state index in [1.807, 2.05) is 0 Å². The lowest BCUT2D eigenvalue weighted by atomic mass is 9.92. The first kappa shape index (κ1) is 37.8. The normalized spacial score (nSPS) is 15.1. The standard InChI is InChI=1S/C35H30F6O6S2/c1-44-32(34(36,37)38,24-15-7-3-8-16-24)30(42)46-23-28(29(48-26-19-11-5-12-20-26)49-27-21-13-6-14-22-27)47-31(43)33(45-2,35(39,40)41)25-17-9-4-10-18-25/h3-22,28-29H,23H2,1-2H3/t28-,32+,33+/m0/s1. The number of methoxy groups -OCH3 is 2. The smallest absolute Gasteiger partial charge is 0.432 e. The van der Waals surface area contributed by atoms with E-state index in [4.69, 9.17) is 18.9 Å². The highest BCUT2D eigenvalue weighted by Gasteiger charge is 2.66. The largest absolute Gasteiger partial charge is 0.459 e. The van der Waals surface area contributed by atoms with Crippen LogP contribution in [0.1, 0.15) is 11.1 Å². The van der Waals surface area contributed by atoms with Gasteiger partial charge in [0.05, 0.1) is 4.58 Å². The summed E-state index contributed by atoms with van der Waals surface area (Å²) in [6.07, 6.45) is -12.5. The van der Waals surface area contributed by atoms with Gasteiger partial charge in [-0.05, 0) is 24.3 Å². The highest BCUT2D eigenvalue weighted by molar-refractivity contribution is 8.17. The van der Waals surface area contributed by atoms with Gasteiger partial charge in [-0.3, -0.25) is 0 Å². The van der Waals surface area contributed by atoms with Gasteiger partial charge < -0.3 is 18.9 Å². The van der Waals surface area contributed by atoms with Crippen molar-refractivity contribution in [3.05, 3.63) is 132 Å². The summed E-state index contributed by atoms with van der Waals surface area (Å²) in [5.41, 5.74) is -8.45. The summed E-state index contributed by atoms with van der Waals surface area (Å²) in [6.45, 7) is -1.09. The molecule has 0 saturated heterocycles. The molecule has 4 rings (SSSR count). The molecule has 0 heterocycles. The van der Waals surface area contributed by atoms with Crippen molar-refractivity contribution in [3.8, 4) is 0 Å². The molecule has 0 radical (unpaired) electrons. The summed E-state index contributed by atoms with van der Waals surface area (Å²) < 4.78 is 108. The zero-order valence-corrected chi connectivity index (χ0v) is 27.6. The summed E-state index contributed by atoms with van der Waals surface area (Å²) >= 11 is 2.08. The van der Waals surface area contributed by atoms with Gasteiger partial charge in [0.25, 0.3) is 11.2 Å². The van der Waals surface area contributed by atoms with Crippen LogP contribution < -0.4 is 0 Å². The summed E-state index contributed by atoms with van der Waals surface area (Å²) in [5.74, 6) is -3.83. The van der Waals surface area contributed by atoms with Crippen LogP contribution in [-0.2, 0) is 39.7 Å². The van der Waals surface area contributed by atoms with Crippen LogP contribution in [0, 0.1) is 0 Å². The summed E-state index contributed by atoms with van der Waals surface area (Å²) in [7, 11) is 1.36. The SMILES string of the molecule is CO[C@@](C(=O)OC[C@H](OC(=O)[C@](OC)(c1ccccc1)C(F)(F)F)C(Sc1ccccc1)Sc1ccccc1)(c1ccccc1)C(F)(F)F. The van der Waals surface area contributed by atoms with Crippen LogP contribution in [0.3, 0.4) is 0 Å². The maximum Gasteiger partial charge on any atom is 0.432 e. The fourth-order valence-electron chi connectivity index (χ4n) is 4.86. The van der Waals surface area contributed by atoms with Gasteiger partial charge in [-0.25, -0.2) is 9.59 Å². The zero-order valence-electron chi connectivity index (χ0n) is 25.9. The Labute approximate surface area is 287 Å². The monoisotopic (exact) mass is 724 g/mol. The van der Waals surface area contributed by atoms with Crippen LogP contribution in [-0.4, -0.2) is 55.8 Å². The van der Waals surface area contributed by atoms with Gasteiger partial charge in [-0.2, -0.15) is 26.3 Å². The molecule has 0 bridgehead atoms. The second-order valence-electron chi connectivity index (χ2n) is 10.3. The predicted octanol–water partition coefficient (Wildman–Crippen LogP) is 8.56. The van der Waals surface area contributed by atoms with Crippen LogP contribution in [0.2, 0.25) is 0 Å². The molecule has 0 N–H and O–H groups in total. The van der Waals surface area contributed by atoms with Crippen LogP contribution in [0.25, 0.3) is 0 Å². The molecule has 0 saturated carbocycles. The predicted molar refractivity (Wildman–Crippen MR) is 172 cm³/mol. The van der Waals surface area contributed by atoms with E-state index in [0.717, 1.165) is 47.8 Å². The molecule has 0 aliphatic rings. The molecule has 260 valence electrons. The number of carbonyl (C=O) groups excluding carboxylic acids is 2. The number of hydrogen-bond acceptors (Lipinski definition) is 8. The van der Waals surface area contributed by atoms with Crippen LogP contribution in [0.4, 0.5) is 26.3 Å². The van der Waals surface area contributed by atoms with Gasteiger partial charge in [0.2, 0.25) is 0 Å². The molecule has 4 aromatic carbocycles. The van der Waals surface area contributed by atoms with Gasteiger partial charge >= 0.3 is 24.3 Å². The molecule has 49 heavy (non-hydrogen) atoms. The molecule has 6 nitrogen and oxygen atoms in total. The average molecular weight is 725 g/mol. The zero-order chi connectivity index (χ0) is 35.7. The minimum Gasteiger partial charge on any atom is -0.459 e. The molecular formula is C35H30F6O6S2. The number of carbonyl (C=O) groups is 2. The molecule has 0 spiro atoms. The number of benzene rings is 4. The quantitative estimate of drug-likeness (QED) is 0.0555. The second kappa shape index (κ2) is 16.2. The first-order valence-electron chi connectivity index (χ1n) is 14.5. The van der Waals surface area contributed by atoms with Crippen molar-refractivity contribution in [1.82, 2.24) is 0 Å². The fourth-order valence-corrected chi connectivity index (χ4v) is 7.46. The molecule has 0 fully saturated rings. The average Bonchev–Trinajstić information content (AvgIpc) is 3.08. The van der Waals surface area contributed by atoms with Crippen molar-refractivity contribution in [2.75, 3.05) is 20.8 Å². The van der Waals surface area contributed by atoms with E-state index in [9.17, 15) is 35.9 Å². The van der Waals surface area contributed by atoms with Gasteiger partial charge in [0.1, 0.15) is 6.61 Å². The first-order valence-corrected chi connectivity index (χ1v) is 16.2. The number of alkyl halides is 6. The van der Waals surface area contributed by atoms with Gasteiger partial charge in [-0.15, -0.1) is 23.5 Å². The summed E-state index contributed by atoms with van der Waals surface area (Å²) in [5, 5.41) is 0. The number of esters is 2. The van der Waals surface area contributed by atoms with E-state index in [1.165, 1.54) is 36.4 Å². The maximum absolute atomic E-state index is 14.8. The third-order valence-electron chi connectivity index (χ3n) is 7.28. The van der Waals surface area contributed by atoms with E-state index < -0.39 is 63.9 Å². The molecule has 0 amide bonds. The van der Waals surface area contributed by atoms with Crippen molar-refractivity contribution in [3.63, 3.8) is 0 Å². The summed E-state index contributed by atoms with van der Waals surface area (Å²) in [4.78, 5) is 28.4. The lowest BCUT2D eigenvalue weighted by molar-refractivity contribution is -0.282. The number of halogens is 6. The lowest BCUT2D eigenvalue weighted by Gasteiger charge is -2.36. The van der Waals surface area contributed by atoms with E-state index in [2.05, 4.69) is 0 Å². The molecule has 3 atom stereocenters. The highest BCUT2D eigenvalue weighted by atomic mass is 32.2. The van der Waals surface area contributed by atoms with E-state index in [0.29, 0.717) is 24.0 Å². The van der Waals surface area contributed by atoms with Crippen molar-refractivity contribution >= 4 is 35.5 Å².